The first-order chi connectivity index (χ1) is 15.4. The van der Waals surface area contributed by atoms with Crippen molar-refractivity contribution in [1.82, 2.24) is 19.7 Å². The average Bonchev–Trinajstić information content (AvgIpc) is 2.79. The van der Waals surface area contributed by atoms with E-state index in [2.05, 4.69) is 17.3 Å². The van der Waals surface area contributed by atoms with E-state index in [0.717, 1.165) is 42.6 Å². The summed E-state index contributed by atoms with van der Waals surface area (Å²) in [5.74, 6) is -0.263. The zero-order valence-corrected chi connectivity index (χ0v) is 19.0. The SMILES string of the molecule is CC(=O)N1CCc2c(cn(CCc3ccccc3)c(=O)c2C(=O)NC2CCN(C)CC2)C1. The molecule has 2 aliphatic rings. The van der Waals surface area contributed by atoms with Gasteiger partial charge < -0.3 is 19.7 Å². The first-order valence-electron chi connectivity index (χ1n) is 11.5. The number of benzene rings is 1. The van der Waals surface area contributed by atoms with Crippen LogP contribution in [0.5, 0.6) is 0 Å². The molecule has 1 aromatic carbocycles. The molecule has 2 amide bonds. The molecular formula is C25H32N4O3. The number of fused-ring (bicyclic) bond motifs is 1. The maximum absolute atomic E-state index is 13.4. The van der Waals surface area contributed by atoms with E-state index in [0.29, 0.717) is 32.5 Å². The lowest BCUT2D eigenvalue weighted by Crippen LogP contribution is -2.46. The molecule has 0 radical (unpaired) electrons. The molecule has 4 rings (SSSR count). The zero-order chi connectivity index (χ0) is 22.7. The Labute approximate surface area is 189 Å². The van der Waals surface area contributed by atoms with Crippen molar-refractivity contribution in [2.24, 2.45) is 0 Å². The Hall–Kier alpha value is -2.93. The number of aromatic nitrogens is 1. The Morgan fingerprint density at radius 2 is 1.81 bits per heavy atom. The van der Waals surface area contributed by atoms with E-state index >= 15 is 0 Å². The number of likely N-dealkylation sites (tertiary alicyclic amines) is 1. The molecular weight excluding hydrogens is 404 g/mol. The van der Waals surface area contributed by atoms with Crippen LogP contribution in [0.15, 0.2) is 41.3 Å². The molecule has 170 valence electrons. The highest BCUT2D eigenvalue weighted by atomic mass is 16.2. The second-order valence-corrected chi connectivity index (χ2v) is 8.98. The van der Waals surface area contributed by atoms with Crippen LogP contribution >= 0.6 is 0 Å². The zero-order valence-electron chi connectivity index (χ0n) is 19.0. The van der Waals surface area contributed by atoms with Gasteiger partial charge in [-0.15, -0.1) is 0 Å². The summed E-state index contributed by atoms with van der Waals surface area (Å²) in [5, 5.41) is 3.12. The van der Waals surface area contributed by atoms with Crippen molar-refractivity contribution < 1.29 is 9.59 Å². The van der Waals surface area contributed by atoms with Gasteiger partial charge in [-0.1, -0.05) is 30.3 Å². The maximum Gasteiger partial charge on any atom is 0.263 e. The Morgan fingerprint density at radius 3 is 2.50 bits per heavy atom. The normalized spacial score (nSPS) is 17.1. The molecule has 0 aliphatic carbocycles. The third-order valence-corrected chi connectivity index (χ3v) is 6.68. The van der Waals surface area contributed by atoms with Gasteiger partial charge in [-0.2, -0.15) is 0 Å². The molecule has 3 heterocycles. The topological polar surface area (TPSA) is 74.6 Å². The Bertz CT molecular complexity index is 1040. The number of nitrogens with one attached hydrogen (secondary N) is 1. The highest BCUT2D eigenvalue weighted by Gasteiger charge is 2.28. The van der Waals surface area contributed by atoms with Gasteiger partial charge in [0.1, 0.15) is 5.56 Å². The fraction of sp³-hybridized carbons (Fsp3) is 0.480. The van der Waals surface area contributed by atoms with Gasteiger partial charge in [0, 0.05) is 38.8 Å². The molecule has 1 N–H and O–H groups in total. The molecule has 7 nitrogen and oxygen atoms in total. The van der Waals surface area contributed by atoms with Gasteiger partial charge in [0.2, 0.25) is 5.91 Å². The van der Waals surface area contributed by atoms with Crippen LogP contribution in [0.25, 0.3) is 0 Å². The van der Waals surface area contributed by atoms with E-state index in [1.165, 1.54) is 0 Å². The van der Waals surface area contributed by atoms with Gasteiger partial charge in [0.05, 0.1) is 0 Å². The molecule has 32 heavy (non-hydrogen) atoms. The highest BCUT2D eigenvalue weighted by molar-refractivity contribution is 5.96. The molecule has 2 aliphatic heterocycles. The average molecular weight is 437 g/mol. The van der Waals surface area contributed by atoms with Crippen molar-refractivity contribution in [2.45, 2.75) is 51.7 Å². The number of amides is 2. The summed E-state index contributed by atoms with van der Waals surface area (Å²) in [6, 6.07) is 10.1. The van der Waals surface area contributed by atoms with E-state index < -0.39 is 0 Å². The first kappa shape index (κ1) is 22.3. The van der Waals surface area contributed by atoms with Crippen molar-refractivity contribution in [1.29, 1.82) is 0 Å². The minimum absolute atomic E-state index is 0.00927. The quantitative estimate of drug-likeness (QED) is 0.776. The highest BCUT2D eigenvalue weighted by Crippen LogP contribution is 2.22. The van der Waals surface area contributed by atoms with E-state index in [-0.39, 0.29) is 29.0 Å². The maximum atomic E-state index is 13.4. The molecule has 0 saturated carbocycles. The number of carbonyl (C=O) groups is 2. The molecule has 1 aromatic heterocycles. The minimum Gasteiger partial charge on any atom is -0.349 e. The second kappa shape index (κ2) is 9.69. The summed E-state index contributed by atoms with van der Waals surface area (Å²) < 4.78 is 1.65. The Balaban J connectivity index is 1.64. The monoisotopic (exact) mass is 436 g/mol. The standard InChI is InChI=1S/C25H32N4O3/c1-18(30)28-15-11-22-20(16-28)17-29(14-8-19-6-4-3-5-7-19)25(32)23(22)24(31)26-21-9-12-27(2)13-10-21/h3-7,17,21H,8-16H2,1-2H3,(H,26,31). The molecule has 0 atom stereocenters. The minimum atomic E-state index is -0.272. The summed E-state index contributed by atoms with van der Waals surface area (Å²) in [4.78, 5) is 42.7. The number of aryl methyl sites for hydroxylation is 2. The number of hydrogen-bond acceptors (Lipinski definition) is 4. The predicted octanol–water partition coefficient (Wildman–Crippen LogP) is 1.82. The molecule has 1 saturated heterocycles. The summed E-state index contributed by atoms with van der Waals surface area (Å²) in [6.07, 6.45) is 4.85. The number of carbonyl (C=O) groups excluding carboxylic acids is 2. The first-order valence-corrected chi connectivity index (χ1v) is 11.5. The van der Waals surface area contributed by atoms with Crippen molar-refractivity contribution in [2.75, 3.05) is 26.7 Å². The van der Waals surface area contributed by atoms with Crippen molar-refractivity contribution in [3.8, 4) is 0 Å². The Kier molecular flexibility index (Phi) is 6.74. The second-order valence-electron chi connectivity index (χ2n) is 8.98. The van der Waals surface area contributed by atoms with Crippen molar-refractivity contribution >= 4 is 11.8 Å². The lowest BCUT2D eigenvalue weighted by atomic mass is 9.95. The van der Waals surface area contributed by atoms with Gasteiger partial charge in [0.15, 0.2) is 0 Å². The third-order valence-electron chi connectivity index (χ3n) is 6.68. The van der Waals surface area contributed by atoms with Gasteiger partial charge in [-0.3, -0.25) is 14.4 Å². The molecule has 0 unspecified atom stereocenters. The molecule has 7 heteroatoms. The van der Waals surface area contributed by atoms with Gasteiger partial charge in [-0.25, -0.2) is 0 Å². The van der Waals surface area contributed by atoms with Gasteiger partial charge >= 0.3 is 0 Å². The molecule has 0 spiro atoms. The molecule has 0 bridgehead atoms. The van der Waals surface area contributed by atoms with E-state index in [9.17, 15) is 14.4 Å². The van der Waals surface area contributed by atoms with Crippen molar-refractivity contribution in [3.63, 3.8) is 0 Å². The van der Waals surface area contributed by atoms with Crippen LogP contribution in [-0.2, 0) is 30.7 Å². The Morgan fingerprint density at radius 1 is 1.09 bits per heavy atom. The fourth-order valence-electron chi connectivity index (χ4n) is 4.68. The van der Waals surface area contributed by atoms with Crippen LogP contribution in [0, 0.1) is 0 Å². The van der Waals surface area contributed by atoms with Crippen LogP contribution < -0.4 is 10.9 Å². The lowest BCUT2D eigenvalue weighted by Gasteiger charge is -2.31. The van der Waals surface area contributed by atoms with Crippen LogP contribution in [0.4, 0.5) is 0 Å². The van der Waals surface area contributed by atoms with Crippen LogP contribution in [0.2, 0.25) is 0 Å². The predicted molar refractivity (Wildman–Crippen MR) is 124 cm³/mol. The van der Waals surface area contributed by atoms with Crippen LogP contribution in [0.3, 0.4) is 0 Å². The smallest absolute Gasteiger partial charge is 0.263 e. The van der Waals surface area contributed by atoms with E-state index in [4.69, 9.17) is 0 Å². The molecule has 2 aromatic rings. The largest absolute Gasteiger partial charge is 0.349 e. The summed E-state index contributed by atoms with van der Waals surface area (Å²) in [5.41, 5.74) is 2.86. The third kappa shape index (κ3) is 4.93. The van der Waals surface area contributed by atoms with Crippen LogP contribution in [-0.4, -0.2) is 58.9 Å². The number of hydrogen-bond donors (Lipinski definition) is 1. The summed E-state index contributed by atoms with van der Waals surface area (Å²) in [7, 11) is 2.08. The fourth-order valence-corrected chi connectivity index (χ4v) is 4.68. The molecule has 1 fully saturated rings. The number of nitrogens with zero attached hydrogens (tertiary/aromatic N) is 3. The van der Waals surface area contributed by atoms with E-state index in [1.807, 2.05) is 36.5 Å². The van der Waals surface area contributed by atoms with Gasteiger partial charge in [0.25, 0.3) is 11.5 Å². The lowest BCUT2D eigenvalue weighted by molar-refractivity contribution is -0.129. The summed E-state index contributed by atoms with van der Waals surface area (Å²) in [6.45, 7) is 4.89. The van der Waals surface area contributed by atoms with Gasteiger partial charge in [-0.05, 0) is 62.5 Å². The van der Waals surface area contributed by atoms with Crippen LogP contribution in [0.1, 0.15) is 46.8 Å². The number of piperidine rings is 1. The van der Waals surface area contributed by atoms with Crippen molar-refractivity contribution in [3.05, 3.63) is 69.1 Å². The van der Waals surface area contributed by atoms with E-state index in [1.54, 1.807) is 16.4 Å². The number of rotatable bonds is 5. The summed E-state index contributed by atoms with van der Waals surface area (Å²) >= 11 is 0. The number of pyridine rings is 1.